The number of hydrogen-bond acceptors (Lipinski definition) is 8. The van der Waals surface area contributed by atoms with E-state index in [4.69, 9.17) is 18.5 Å². The molecule has 0 aromatic rings. The molecule has 368 valence electrons. The maximum Gasteiger partial charge on any atom is 0.306 e. The van der Waals surface area contributed by atoms with E-state index in [9.17, 15) is 19.0 Å². The van der Waals surface area contributed by atoms with Crippen molar-refractivity contribution in [1.82, 2.24) is 0 Å². The van der Waals surface area contributed by atoms with Gasteiger partial charge in [-0.15, -0.1) is 0 Å². The van der Waals surface area contributed by atoms with Crippen LogP contribution >= 0.6 is 7.82 Å². The van der Waals surface area contributed by atoms with Gasteiger partial charge in [-0.3, -0.25) is 14.2 Å². The van der Waals surface area contributed by atoms with Gasteiger partial charge in [-0.1, -0.05) is 219 Å². The summed E-state index contributed by atoms with van der Waals surface area (Å²) in [6.45, 7) is 4.28. The average Bonchev–Trinajstić information content (AvgIpc) is 3.23. The molecule has 0 bridgehead atoms. The Hall–Kier alpha value is -1.25. The fraction of sp³-hybridized carbons (Fsp3) is 0.923. The second-order valence-electron chi connectivity index (χ2n) is 19.2. The molecule has 0 heterocycles. The maximum absolute atomic E-state index is 12.7. The summed E-state index contributed by atoms with van der Waals surface area (Å²) in [5.74, 6) is -0.818. The Balaban J connectivity index is 4.20. The molecule has 0 saturated heterocycles. The van der Waals surface area contributed by atoms with Gasteiger partial charge in [0.1, 0.15) is 19.8 Å². The van der Waals surface area contributed by atoms with E-state index < -0.39 is 26.5 Å². The number of carbonyl (C=O) groups is 2. The summed E-state index contributed by atoms with van der Waals surface area (Å²) < 4.78 is 34.1. The molecule has 0 spiro atoms. The summed E-state index contributed by atoms with van der Waals surface area (Å²) in [4.78, 5) is 37.7. The van der Waals surface area contributed by atoms with Gasteiger partial charge in [-0.25, -0.2) is 0 Å². The number of ether oxygens (including phenoxy) is 2. The predicted octanol–water partition coefficient (Wildman–Crippen LogP) is 15.1. The number of esters is 2. The van der Waals surface area contributed by atoms with Crippen LogP contribution in [0.3, 0.4) is 0 Å². The molecule has 0 radical (unpaired) electrons. The van der Waals surface area contributed by atoms with Gasteiger partial charge >= 0.3 is 11.9 Å². The van der Waals surface area contributed by atoms with Crippen molar-refractivity contribution < 1.29 is 42.1 Å². The minimum Gasteiger partial charge on any atom is -0.756 e. The number of quaternary nitrogens is 1. The number of phosphoric acid groups is 1. The van der Waals surface area contributed by atoms with Gasteiger partial charge in [-0.05, 0) is 38.5 Å². The number of phosphoric ester groups is 1. The van der Waals surface area contributed by atoms with Crippen LogP contribution in [0.4, 0.5) is 0 Å². The van der Waals surface area contributed by atoms with E-state index in [-0.39, 0.29) is 32.0 Å². The lowest BCUT2D eigenvalue weighted by atomic mass is 10.0. The van der Waals surface area contributed by atoms with Crippen molar-refractivity contribution in [3.05, 3.63) is 12.2 Å². The first-order chi connectivity index (χ1) is 30.0. The van der Waals surface area contributed by atoms with Crippen LogP contribution in [0.25, 0.3) is 0 Å². The minimum absolute atomic E-state index is 0.0272. The highest BCUT2D eigenvalue weighted by Gasteiger charge is 2.21. The number of rotatable bonds is 49. The molecule has 0 saturated carbocycles. The topological polar surface area (TPSA) is 111 Å². The second-order valence-corrected chi connectivity index (χ2v) is 20.7. The van der Waals surface area contributed by atoms with E-state index >= 15 is 0 Å². The van der Waals surface area contributed by atoms with Gasteiger partial charge in [-0.2, -0.15) is 0 Å². The van der Waals surface area contributed by atoms with Crippen LogP contribution in [0.1, 0.15) is 258 Å². The summed E-state index contributed by atoms with van der Waals surface area (Å²) in [6, 6.07) is 0. The zero-order chi connectivity index (χ0) is 45.7. The smallest absolute Gasteiger partial charge is 0.306 e. The van der Waals surface area contributed by atoms with Crippen molar-refractivity contribution >= 4 is 19.8 Å². The summed E-state index contributed by atoms with van der Waals surface area (Å²) >= 11 is 0. The molecule has 1 unspecified atom stereocenters. The highest BCUT2D eigenvalue weighted by atomic mass is 31.2. The molecule has 0 aliphatic heterocycles. The van der Waals surface area contributed by atoms with E-state index in [2.05, 4.69) is 26.0 Å². The van der Waals surface area contributed by atoms with Crippen LogP contribution in [0.2, 0.25) is 0 Å². The monoisotopic (exact) mass is 900 g/mol. The van der Waals surface area contributed by atoms with E-state index in [1.165, 1.54) is 186 Å². The lowest BCUT2D eigenvalue weighted by Gasteiger charge is -2.28. The number of allylic oxidation sites excluding steroid dienone is 2. The van der Waals surface area contributed by atoms with Crippen molar-refractivity contribution in [3.63, 3.8) is 0 Å². The third-order valence-electron chi connectivity index (χ3n) is 11.8. The molecule has 10 heteroatoms. The van der Waals surface area contributed by atoms with Gasteiger partial charge < -0.3 is 27.9 Å². The SMILES string of the molecule is CCCCCCCC/C=C\CCCCCCCCCCCCCC(=O)O[C@H](COC(=O)CCCCCCCCCCCCCCCCCCC)COP(=O)([O-])OCC[N+](C)(C)C. The molecule has 0 N–H and O–H groups in total. The van der Waals surface area contributed by atoms with Crippen LogP contribution in [0, 0.1) is 0 Å². The van der Waals surface area contributed by atoms with E-state index in [0.717, 1.165) is 38.5 Å². The minimum atomic E-state index is -4.63. The Labute approximate surface area is 384 Å². The van der Waals surface area contributed by atoms with E-state index in [0.29, 0.717) is 17.4 Å². The molecule has 2 atom stereocenters. The van der Waals surface area contributed by atoms with Gasteiger partial charge in [0.05, 0.1) is 27.7 Å². The van der Waals surface area contributed by atoms with Gasteiger partial charge in [0.25, 0.3) is 7.82 Å². The largest absolute Gasteiger partial charge is 0.756 e. The van der Waals surface area contributed by atoms with Crippen molar-refractivity contribution in [2.45, 2.75) is 264 Å². The molecule has 9 nitrogen and oxygen atoms in total. The lowest BCUT2D eigenvalue weighted by Crippen LogP contribution is -2.37. The molecule has 0 aromatic heterocycles. The van der Waals surface area contributed by atoms with Crippen LogP contribution in [0.5, 0.6) is 0 Å². The molecule has 62 heavy (non-hydrogen) atoms. The van der Waals surface area contributed by atoms with Crippen molar-refractivity contribution in [3.8, 4) is 0 Å². The fourth-order valence-electron chi connectivity index (χ4n) is 7.65. The quantitative estimate of drug-likeness (QED) is 0.0195. The predicted molar refractivity (Wildman–Crippen MR) is 259 cm³/mol. The average molecular weight is 900 g/mol. The molecule has 0 aromatic carbocycles. The number of hydrogen-bond donors (Lipinski definition) is 0. The summed E-state index contributed by atoms with van der Waals surface area (Å²) in [5, 5.41) is 0. The Morgan fingerprint density at radius 1 is 0.484 bits per heavy atom. The molecule has 0 aliphatic rings. The molecule has 0 rings (SSSR count). The third kappa shape index (κ3) is 48.2. The number of unbranched alkanes of at least 4 members (excludes halogenated alkanes) is 33. The van der Waals surface area contributed by atoms with Crippen molar-refractivity contribution in [2.24, 2.45) is 0 Å². The Bertz CT molecular complexity index is 1060. The van der Waals surface area contributed by atoms with Crippen LogP contribution in [-0.4, -0.2) is 70.0 Å². The van der Waals surface area contributed by atoms with Crippen LogP contribution in [-0.2, 0) is 32.7 Å². The fourth-order valence-corrected chi connectivity index (χ4v) is 8.38. The van der Waals surface area contributed by atoms with Gasteiger partial charge in [0, 0.05) is 12.8 Å². The molecular formula is C52H102NO8P. The first-order valence-electron chi connectivity index (χ1n) is 26.4. The Morgan fingerprint density at radius 3 is 1.19 bits per heavy atom. The Kier molecular flexibility index (Phi) is 44.0. The number of nitrogens with zero attached hydrogens (tertiary/aromatic N) is 1. The second kappa shape index (κ2) is 44.9. The first-order valence-corrected chi connectivity index (χ1v) is 27.9. The van der Waals surface area contributed by atoms with Crippen molar-refractivity contribution in [1.29, 1.82) is 0 Å². The molecule has 0 fully saturated rings. The maximum atomic E-state index is 12.7. The zero-order valence-electron chi connectivity index (χ0n) is 41.6. The standard InChI is InChI=1S/C52H102NO8P/c1-6-8-10-12-14-16-18-20-22-24-25-26-27-29-31-33-35-37-39-41-43-45-52(55)61-50(49-60-62(56,57)59-47-46-53(3,4)5)48-58-51(54)44-42-40-38-36-34-32-30-28-23-21-19-17-15-13-11-9-7-2/h20,22,50H,6-19,21,23-49H2,1-5H3/b22-20-/t50-/m1/s1. The lowest BCUT2D eigenvalue weighted by molar-refractivity contribution is -0.870. The van der Waals surface area contributed by atoms with E-state index in [1.807, 2.05) is 21.1 Å². The first kappa shape index (κ1) is 60.8. The third-order valence-corrected chi connectivity index (χ3v) is 12.7. The normalized spacial score (nSPS) is 13.5. The summed E-state index contributed by atoms with van der Waals surface area (Å²) in [5.41, 5.74) is 0. The molecule has 0 aliphatic carbocycles. The van der Waals surface area contributed by atoms with Gasteiger partial charge in [0.15, 0.2) is 6.10 Å². The number of carbonyl (C=O) groups excluding carboxylic acids is 2. The number of likely N-dealkylation sites (N-methyl/N-ethyl adjacent to an activating group) is 1. The summed E-state index contributed by atoms with van der Waals surface area (Å²) in [7, 11) is 1.18. The van der Waals surface area contributed by atoms with Gasteiger partial charge in [0.2, 0.25) is 0 Å². The molecular weight excluding hydrogens is 798 g/mol. The highest BCUT2D eigenvalue weighted by molar-refractivity contribution is 7.45. The highest BCUT2D eigenvalue weighted by Crippen LogP contribution is 2.38. The molecule has 0 amide bonds. The summed E-state index contributed by atoms with van der Waals surface area (Å²) in [6.07, 6.45) is 49.5. The zero-order valence-corrected chi connectivity index (χ0v) is 42.5. The van der Waals surface area contributed by atoms with Crippen LogP contribution in [0.15, 0.2) is 12.2 Å². The van der Waals surface area contributed by atoms with E-state index in [1.54, 1.807) is 0 Å². The van der Waals surface area contributed by atoms with Crippen LogP contribution < -0.4 is 4.89 Å². The van der Waals surface area contributed by atoms with Crippen molar-refractivity contribution in [2.75, 3.05) is 47.5 Å². The Morgan fingerprint density at radius 2 is 0.823 bits per heavy atom.